The topological polar surface area (TPSA) is 46.5 Å². The van der Waals surface area contributed by atoms with Crippen LogP contribution in [0.4, 0.5) is 0 Å². The van der Waals surface area contributed by atoms with Crippen molar-refractivity contribution in [1.29, 1.82) is 0 Å². The van der Waals surface area contributed by atoms with Crippen LogP contribution in [0.1, 0.15) is 55.2 Å². The second kappa shape index (κ2) is 6.76. The van der Waals surface area contributed by atoms with Gasteiger partial charge < -0.3 is 9.84 Å². The van der Waals surface area contributed by atoms with Gasteiger partial charge in [-0.1, -0.05) is 37.3 Å². The number of fused-ring (bicyclic) bond motifs is 5. The van der Waals surface area contributed by atoms with Gasteiger partial charge in [0.05, 0.1) is 7.11 Å². The number of aromatic hydroxyl groups is 1. The van der Waals surface area contributed by atoms with Crippen LogP contribution in [0.25, 0.3) is 6.08 Å². The number of benzene rings is 2. The van der Waals surface area contributed by atoms with Crippen LogP contribution in [0.15, 0.2) is 48.0 Å². The molecule has 3 aliphatic rings. The van der Waals surface area contributed by atoms with E-state index < -0.39 is 0 Å². The van der Waals surface area contributed by atoms with Crippen molar-refractivity contribution in [2.75, 3.05) is 7.11 Å². The van der Waals surface area contributed by atoms with E-state index in [4.69, 9.17) is 4.74 Å². The van der Waals surface area contributed by atoms with Gasteiger partial charge in [0.25, 0.3) is 0 Å². The molecular formula is C26H28O3. The number of Topliss-reactive ketones (excluding diaryl/α,β-unsaturated/α-hetero) is 1. The van der Waals surface area contributed by atoms with E-state index in [1.165, 1.54) is 11.1 Å². The molecule has 0 saturated heterocycles. The molecule has 0 spiro atoms. The summed E-state index contributed by atoms with van der Waals surface area (Å²) in [5, 5.41) is 10.2. The summed E-state index contributed by atoms with van der Waals surface area (Å²) in [6.45, 7) is 2.20. The monoisotopic (exact) mass is 388 g/mol. The van der Waals surface area contributed by atoms with E-state index in [0.29, 0.717) is 29.3 Å². The number of phenolic OH excluding ortho intramolecular Hbond substituents is 1. The molecule has 3 aliphatic carbocycles. The number of aryl methyl sites for hydroxylation is 1. The van der Waals surface area contributed by atoms with Crippen LogP contribution in [0.2, 0.25) is 0 Å². The molecule has 1 N–H and O–H groups in total. The maximum absolute atomic E-state index is 13.4. The van der Waals surface area contributed by atoms with Gasteiger partial charge in [-0.2, -0.15) is 0 Å². The zero-order valence-electron chi connectivity index (χ0n) is 17.2. The number of hydrogen-bond donors (Lipinski definition) is 1. The standard InChI is InChI=1S/C26H28O3/c1-26-11-10-19-20(9-8-17-14-23(27)24(29-2)15-21(17)19)22(26)13-18(25(26)28)12-16-6-4-3-5-7-16/h3-7,12,14-15,19-20,22,27H,8-11,13H2,1-2H3/b18-12+/t19-,20+,22-,26-/m0/s1. The van der Waals surface area contributed by atoms with Gasteiger partial charge in [-0.3, -0.25) is 4.79 Å². The quantitative estimate of drug-likeness (QED) is 0.689. The smallest absolute Gasteiger partial charge is 0.165 e. The molecule has 150 valence electrons. The lowest BCUT2D eigenvalue weighted by molar-refractivity contribution is -0.127. The number of ketones is 1. The van der Waals surface area contributed by atoms with E-state index in [1.54, 1.807) is 7.11 Å². The number of carbonyl (C=O) groups excluding carboxylic acids is 1. The van der Waals surface area contributed by atoms with Gasteiger partial charge in [-0.15, -0.1) is 0 Å². The lowest BCUT2D eigenvalue weighted by Gasteiger charge is -2.48. The highest BCUT2D eigenvalue weighted by atomic mass is 16.5. The van der Waals surface area contributed by atoms with E-state index in [0.717, 1.165) is 43.2 Å². The van der Waals surface area contributed by atoms with Crippen molar-refractivity contribution in [2.45, 2.75) is 44.9 Å². The molecule has 0 aliphatic heterocycles. The van der Waals surface area contributed by atoms with E-state index >= 15 is 0 Å². The van der Waals surface area contributed by atoms with E-state index in [1.807, 2.05) is 30.3 Å². The first-order valence-electron chi connectivity index (χ1n) is 10.7. The molecule has 0 unspecified atom stereocenters. The zero-order valence-corrected chi connectivity index (χ0v) is 17.2. The minimum atomic E-state index is -0.236. The molecule has 0 aromatic heterocycles. The van der Waals surface area contributed by atoms with Crippen LogP contribution in [0, 0.1) is 17.3 Å². The van der Waals surface area contributed by atoms with Gasteiger partial charge >= 0.3 is 0 Å². The van der Waals surface area contributed by atoms with Crippen LogP contribution < -0.4 is 4.74 Å². The van der Waals surface area contributed by atoms with E-state index in [9.17, 15) is 9.90 Å². The Labute approximate surface area is 172 Å². The maximum atomic E-state index is 13.4. The molecule has 29 heavy (non-hydrogen) atoms. The minimum Gasteiger partial charge on any atom is -0.504 e. The lowest BCUT2D eigenvalue weighted by Crippen LogP contribution is -2.42. The number of phenols is 1. The average molecular weight is 389 g/mol. The first-order valence-corrected chi connectivity index (χ1v) is 10.7. The Morgan fingerprint density at radius 2 is 1.97 bits per heavy atom. The summed E-state index contributed by atoms with van der Waals surface area (Å²) >= 11 is 0. The Morgan fingerprint density at radius 1 is 1.17 bits per heavy atom. The van der Waals surface area contributed by atoms with Crippen molar-refractivity contribution in [2.24, 2.45) is 17.3 Å². The van der Waals surface area contributed by atoms with Gasteiger partial charge in [0.2, 0.25) is 0 Å². The van der Waals surface area contributed by atoms with Crippen LogP contribution in [-0.2, 0) is 11.2 Å². The number of allylic oxidation sites excluding steroid dienone is 1. The highest BCUT2D eigenvalue weighted by Crippen LogP contribution is 2.61. The van der Waals surface area contributed by atoms with Gasteiger partial charge in [-0.05, 0) is 90.3 Å². The first-order chi connectivity index (χ1) is 14.0. The SMILES string of the molecule is COc1cc2c(cc1O)CC[C@@H]1[C@@H]2CC[C@]2(C)C(=O)/C(=C/c3ccccc3)C[C@@H]12. The highest BCUT2D eigenvalue weighted by molar-refractivity contribution is 6.06. The fourth-order valence-electron chi connectivity index (χ4n) is 6.30. The van der Waals surface area contributed by atoms with E-state index in [-0.39, 0.29) is 11.2 Å². The fourth-order valence-corrected chi connectivity index (χ4v) is 6.30. The van der Waals surface area contributed by atoms with Crippen molar-refractivity contribution in [3.63, 3.8) is 0 Å². The lowest BCUT2D eigenvalue weighted by atomic mass is 9.55. The maximum Gasteiger partial charge on any atom is 0.165 e. The molecular weight excluding hydrogens is 360 g/mol. The van der Waals surface area contributed by atoms with Gasteiger partial charge in [-0.25, -0.2) is 0 Å². The van der Waals surface area contributed by atoms with Crippen LogP contribution in [0.5, 0.6) is 11.5 Å². The molecule has 2 aromatic rings. The number of carbonyl (C=O) groups is 1. The molecule has 3 heteroatoms. The molecule has 5 rings (SSSR count). The van der Waals surface area contributed by atoms with Crippen molar-refractivity contribution in [3.8, 4) is 11.5 Å². The number of methoxy groups -OCH3 is 1. The Hall–Kier alpha value is -2.55. The Kier molecular flexibility index (Phi) is 4.31. The molecule has 0 radical (unpaired) electrons. The van der Waals surface area contributed by atoms with Gasteiger partial charge in [0, 0.05) is 5.41 Å². The normalized spacial score (nSPS) is 31.9. The minimum absolute atomic E-state index is 0.231. The Balaban J connectivity index is 1.50. The molecule has 0 amide bonds. The Bertz CT molecular complexity index is 991. The van der Waals surface area contributed by atoms with Crippen molar-refractivity contribution in [1.82, 2.24) is 0 Å². The second-order valence-corrected chi connectivity index (χ2v) is 9.21. The van der Waals surface area contributed by atoms with Gasteiger partial charge in [0.15, 0.2) is 17.3 Å². The summed E-state index contributed by atoms with van der Waals surface area (Å²) < 4.78 is 5.38. The summed E-state index contributed by atoms with van der Waals surface area (Å²) in [6, 6.07) is 14.1. The molecule has 0 bridgehead atoms. The molecule has 4 atom stereocenters. The second-order valence-electron chi connectivity index (χ2n) is 9.21. The predicted octanol–water partition coefficient (Wildman–Crippen LogP) is 5.52. The number of rotatable bonds is 2. The number of hydrogen-bond acceptors (Lipinski definition) is 3. The predicted molar refractivity (Wildman–Crippen MR) is 114 cm³/mol. The van der Waals surface area contributed by atoms with Gasteiger partial charge in [0.1, 0.15) is 0 Å². The van der Waals surface area contributed by atoms with E-state index in [2.05, 4.69) is 25.1 Å². The third-order valence-electron chi connectivity index (χ3n) is 7.80. The third kappa shape index (κ3) is 2.82. The van der Waals surface area contributed by atoms with Crippen molar-refractivity contribution in [3.05, 3.63) is 64.7 Å². The molecule has 2 fully saturated rings. The summed E-state index contributed by atoms with van der Waals surface area (Å²) in [7, 11) is 1.61. The summed E-state index contributed by atoms with van der Waals surface area (Å²) in [6.07, 6.45) is 7.02. The summed E-state index contributed by atoms with van der Waals surface area (Å²) in [4.78, 5) is 13.4. The van der Waals surface area contributed by atoms with Crippen LogP contribution in [0.3, 0.4) is 0 Å². The van der Waals surface area contributed by atoms with Crippen molar-refractivity contribution < 1.29 is 14.6 Å². The average Bonchev–Trinajstić information content (AvgIpc) is 2.98. The van der Waals surface area contributed by atoms with Crippen LogP contribution in [-0.4, -0.2) is 18.0 Å². The van der Waals surface area contributed by atoms with Crippen molar-refractivity contribution >= 4 is 11.9 Å². The number of ether oxygens (including phenoxy) is 1. The first kappa shape index (κ1) is 18.5. The van der Waals surface area contributed by atoms with Crippen LogP contribution >= 0.6 is 0 Å². The molecule has 2 aromatic carbocycles. The summed E-state index contributed by atoms with van der Waals surface area (Å²) in [5.41, 5.74) is 4.45. The highest BCUT2D eigenvalue weighted by Gasteiger charge is 2.56. The fraction of sp³-hybridized carbons (Fsp3) is 0.423. The summed E-state index contributed by atoms with van der Waals surface area (Å²) in [5.74, 6) is 2.52. The molecule has 2 saturated carbocycles. The largest absolute Gasteiger partial charge is 0.504 e. The zero-order chi connectivity index (χ0) is 20.2. The third-order valence-corrected chi connectivity index (χ3v) is 7.80. The molecule has 0 heterocycles. The Morgan fingerprint density at radius 3 is 2.72 bits per heavy atom. The molecule has 3 nitrogen and oxygen atoms in total.